The number of hydrogen-bond acceptors (Lipinski definition) is 1. The lowest BCUT2D eigenvalue weighted by Gasteiger charge is -2.13. The zero-order chi connectivity index (χ0) is 15.4. The number of halogens is 3. The first-order chi connectivity index (χ1) is 9.94. The Kier molecular flexibility index (Phi) is 5.07. The summed E-state index contributed by atoms with van der Waals surface area (Å²) in [6, 6.07) is 10.2. The van der Waals surface area contributed by atoms with Gasteiger partial charge in [-0.05, 0) is 54.3 Å². The Hall–Kier alpha value is -1.75. The van der Waals surface area contributed by atoms with Crippen molar-refractivity contribution in [1.82, 2.24) is 0 Å². The molecule has 0 aliphatic carbocycles. The Labute approximate surface area is 129 Å². The molecule has 0 aliphatic rings. The minimum Gasteiger partial charge on any atom is -0.481 e. The molecule has 0 bridgehead atoms. The van der Waals surface area contributed by atoms with Crippen molar-refractivity contribution in [1.29, 1.82) is 0 Å². The molecule has 0 heterocycles. The largest absolute Gasteiger partial charge is 0.481 e. The van der Waals surface area contributed by atoms with Gasteiger partial charge in [0.1, 0.15) is 11.6 Å². The summed E-state index contributed by atoms with van der Waals surface area (Å²) in [4.78, 5) is 11.4. The van der Waals surface area contributed by atoms with Gasteiger partial charge in [-0.2, -0.15) is 0 Å². The molecule has 0 saturated carbocycles. The second kappa shape index (κ2) is 6.80. The highest BCUT2D eigenvalue weighted by molar-refractivity contribution is 9.10. The highest BCUT2D eigenvalue weighted by atomic mass is 79.9. The lowest BCUT2D eigenvalue weighted by atomic mass is 9.92. The normalized spacial score (nSPS) is 12.1. The lowest BCUT2D eigenvalue weighted by molar-refractivity contribution is -0.141. The van der Waals surface area contributed by atoms with Crippen LogP contribution < -0.4 is 0 Å². The zero-order valence-electron chi connectivity index (χ0n) is 11.0. The third-order valence-electron chi connectivity index (χ3n) is 3.12. The Bertz CT molecular complexity index is 638. The van der Waals surface area contributed by atoms with E-state index in [0.29, 0.717) is 15.6 Å². The van der Waals surface area contributed by atoms with Gasteiger partial charge < -0.3 is 5.11 Å². The molecular formula is C16H13BrF2O2. The van der Waals surface area contributed by atoms with Crippen molar-refractivity contribution >= 4 is 21.9 Å². The van der Waals surface area contributed by atoms with Crippen LogP contribution >= 0.6 is 15.9 Å². The van der Waals surface area contributed by atoms with Crippen molar-refractivity contribution < 1.29 is 18.7 Å². The molecule has 5 heteroatoms. The van der Waals surface area contributed by atoms with Crippen molar-refractivity contribution in [2.45, 2.75) is 12.8 Å². The van der Waals surface area contributed by atoms with Gasteiger partial charge >= 0.3 is 5.97 Å². The average Bonchev–Trinajstić information content (AvgIpc) is 2.36. The lowest BCUT2D eigenvalue weighted by Crippen LogP contribution is -2.19. The van der Waals surface area contributed by atoms with E-state index in [9.17, 15) is 18.7 Å². The van der Waals surface area contributed by atoms with Crippen molar-refractivity contribution in [3.05, 3.63) is 69.7 Å². The van der Waals surface area contributed by atoms with Crippen LogP contribution in [0.1, 0.15) is 11.1 Å². The summed E-state index contributed by atoms with van der Waals surface area (Å²) in [6.45, 7) is 0. The molecule has 0 aromatic heterocycles. The van der Waals surface area contributed by atoms with E-state index in [0.717, 1.165) is 0 Å². The summed E-state index contributed by atoms with van der Waals surface area (Å²) in [7, 11) is 0. The standard InChI is InChI=1S/C16H13BrF2O2/c17-13-6-11(8-15(19)9-13)5-12(16(20)21)4-10-2-1-3-14(18)7-10/h1-3,6-9,12H,4-5H2,(H,20,21). The number of hydrogen-bond donors (Lipinski definition) is 1. The van der Waals surface area contributed by atoms with Crippen LogP contribution in [0.25, 0.3) is 0 Å². The van der Waals surface area contributed by atoms with Crippen LogP contribution in [-0.2, 0) is 17.6 Å². The summed E-state index contributed by atoms with van der Waals surface area (Å²) >= 11 is 3.18. The number of aliphatic carboxylic acids is 1. The van der Waals surface area contributed by atoms with Crippen molar-refractivity contribution in [3.8, 4) is 0 Å². The van der Waals surface area contributed by atoms with E-state index in [-0.39, 0.29) is 12.8 Å². The molecule has 0 spiro atoms. The van der Waals surface area contributed by atoms with Gasteiger partial charge in [-0.25, -0.2) is 8.78 Å². The smallest absolute Gasteiger partial charge is 0.307 e. The van der Waals surface area contributed by atoms with Crippen LogP contribution in [0, 0.1) is 17.6 Å². The predicted octanol–water partition coefficient (Wildman–Crippen LogP) is 4.21. The second-order valence-corrected chi connectivity index (χ2v) is 5.77. The minimum absolute atomic E-state index is 0.183. The fourth-order valence-electron chi connectivity index (χ4n) is 2.21. The summed E-state index contributed by atoms with van der Waals surface area (Å²) in [5.41, 5.74) is 1.20. The van der Waals surface area contributed by atoms with Gasteiger partial charge in [-0.3, -0.25) is 4.79 Å². The van der Waals surface area contributed by atoms with Crippen LogP contribution in [0.15, 0.2) is 46.9 Å². The minimum atomic E-state index is -0.986. The molecule has 2 rings (SSSR count). The van der Waals surface area contributed by atoms with E-state index in [1.54, 1.807) is 18.2 Å². The number of carboxylic acids is 1. The number of carboxylic acid groups (broad SMARTS) is 1. The van der Waals surface area contributed by atoms with Crippen LogP contribution in [0.5, 0.6) is 0 Å². The molecule has 0 saturated heterocycles. The summed E-state index contributed by atoms with van der Waals surface area (Å²) in [5.74, 6) is -2.54. The molecule has 0 radical (unpaired) electrons. The van der Waals surface area contributed by atoms with E-state index in [1.165, 1.54) is 24.3 Å². The van der Waals surface area contributed by atoms with E-state index < -0.39 is 23.5 Å². The molecule has 0 aliphatic heterocycles. The first kappa shape index (κ1) is 15.6. The average molecular weight is 355 g/mol. The zero-order valence-corrected chi connectivity index (χ0v) is 12.6. The topological polar surface area (TPSA) is 37.3 Å². The van der Waals surface area contributed by atoms with Gasteiger partial charge in [0.15, 0.2) is 0 Å². The monoisotopic (exact) mass is 354 g/mol. The molecule has 110 valence electrons. The Morgan fingerprint density at radius 1 is 1.05 bits per heavy atom. The van der Waals surface area contributed by atoms with E-state index in [2.05, 4.69) is 15.9 Å². The molecule has 21 heavy (non-hydrogen) atoms. The maximum absolute atomic E-state index is 13.3. The maximum atomic E-state index is 13.3. The molecule has 1 atom stereocenters. The molecule has 2 aromatic carbocycles. The number of benzene rings is 2. The molecule has 2 aromatic rings. The molecule has 1 N–H and O–H groups in total. The van der Waals surface area contributed by atoms with Crippen LogP contribution in [0.2, 0.25) is 0 Å². The number of rotatable bonds is 5. The second-order valence-electron chi connectivity index (χ2n) is 4.85. The van der Waals surface area contributed by atoms with Crippen LogP contribution in [-0.4, -0.2) is 11.1 Å². The molecule has 1 unspecified atom stereocenters. The highest BCUT2D eigenvalue weighted by Crippen LogP contribution is 2.20. The molecular weight excluding hydrogens is 342 g/mol. The van der Waals surface area contributed by atoms with Gasteiger partial charge in [-0.15, -0.1) is 0 Å². The van der Waals surface area contributed by atoms with Crippen molar-refractivity contribution in [2.24, 2.45) is 5.92 Å². The predicted molar refractivity (Wildman–Crippen MR) is 79.0 cm³/mol. The summed E-state index contributed by atoms with van der Waals surface area (Å²) in [5, 5.41) is 9.30. The number of carbonyl (C=O) groups is 1. The fourth-order valence-corrected chi connectivity index (χ4v) is 2.72. The van der Waals surface area contributed by atoms with Crippen molar-refractivity contribution in [2.75, 3.05) is 0 Å². The SMILES string of the molecule is O=C(O)C(Cc1cccc(F)c1)Cc1cc(F)cc(Br)c1. The third-order valence-corrected chi connectivity index (χ3v) is 3.58. The summed E-state index contributed by atoms with van der Waals surface area (Å²) in [6.07, 6.45) is 0.378. The van der Waals surface area contributed by atoms with Gasteiger partial charge in [0, 0.05) is 4.47 Å². The van der Waals surface area contributed by atoms with Gasteiger partial charge in [0.25, 0.3) is 0 Å². The van der Waals surface area contributed by atoms with E-state index >= 15 is 0 Å². The Morgan fingerprint density at radius 2 is 1.71 bits per heavy atom. The van der Waals surface area contributed by atoms with Crippen LogP contribution in [0.3, 0.4) is 0 Å². The third kappa shape index (κ3) is 4.63. The first-order valence-corrected chi connectivity index (χ1v) is 7.15. The molecule has 0 amide bonds. The molecule has 2 nitrogen and oxygen atoms in total. The van der Waals surface area contributed by atoms with E-state index in [1.807, 2.05) is 0 Å². The Balaban J connectivity index is 2.17. The van der Waals surface area contributed by atoms with Crippen LogP contribution in [0.4, 0.5) is 8.78 Å². The summed E-state index contributed by atoms with van der Waals surface area (Å²) < 4.78 is 27.0. The van der Waals surface area contributed by atoms with Gasteiger partial charge in [-0.1, -0.05) is 28.1 Å². The fraction of sp³-hybridized carbons (Fsp3) is 0.188. The van der Waals surface area contributed by atoms with Crippen molar-refractivity contribution in [3.63, 3.8) is 0 Å². The van der Waals surface area contributed by atoms with Gasteiger partial charge in [0.05, 0.1) is 5.92 Å². The highest BCUT2D eigenvalue weighted by Gasteiger charge is 2.19. The van der Waals surface area contributed by atoms with E-state index in [4.69, 9.17) is 0 Å². The quantitative estimate of drug-likeness (QED) is 0.872. The Morgan fingerprint density at radius 3 is 2.33 bits per heavy atom. The first-order valence-electron chi connectivity index (χ1n) is 6.36. The van der Waals surface area contributed by atoms with Gasteiger partial charge in [0.2, 0.25) is 0 Å². The molecule has 0 fully saturated rings. The maximum Gasteiger partial charge on any atom is 0.307 e.